The van der Waals surface area contributed by atoms with E-state index in [9.17, 15) is 5.11 Å². The number of halogens is 1. The van der Waals surface area contributed by atoms with E-state index in [0.717, 1.165) is 29.3 Å². The van der Waals surface area contributed by atoms with Crippen molar-refractivity contribution in [2.24, 2.45) is 0 Å². The topological polar surface area (TPSA) is 32.3 Å². The van der Waals surface area contributed by atoms with Gasteiger partial charge in [0, 0.05) is 23.0 Å². The predicted molar refractivity (Wildman–Crippen MR) is 82.2 cm³/mol. The van der Waals surface area contributed by atoms with E-state index < -0.39 is 0 Å². The van der Waals surface area contributed by atoms with Gasteiger partial charge < -0.3 is 10.4 Å². The Hall–Kier alpha value is -1.03. The van der Waals surface area contributed by atoms with E-state index in [1.165, 1.54) is 4.88 Å². The predicted octanol–water partition coefficient (Wildman–Crippen LogP) is 4.39. The molecule has 0 spiro atoms. The second kappa shape index (κ2) is 6.94. The summed E-state index contributed by atoms with van der Waals surface area (Å²) in [6.07, 6.45) is 1.91. The van der Waals surface area contributed by atoms with Crippen LogP contribution < -0.4 is 5.32 Å². The van der Waals surface area contributed by atoms with Crippen LogP contribution in [0.1, 0.15) is 29.8 Å². The van der Waals surface area contributed by atoms with Crippen LogP contribution in [0.3, 0.4) is 0 Å². The third-order valence-corrected chi connectivity index (χ3v) is 4.40. The molecule has 0 aliphatic rings. The van der Waals surface area contributed by atoms with Crippen LogP contribution in [-0.2, 0) is 6.42 Å². The number of phenols is 1. The van der Waals surface area contributed by atoms with E-state index >= 15 is 0 Å². The van der Waals surface area contributed by atoms with Crippen LogP contribution >= 0.6 is 22.9 Å². The molecule has 0 bridgehead atoms. The lowest BCUT2D eigenvalue weighted by Gasteiger charge is -2.18. The number of thiophene rings is 1. The number of phenolic OH excluding ortho intramolecular Hbond substituents is 1. The summed E-state index contributed by atoms with van der Waals surface area (Å²) in [5, 5.41) is 13.4. The largest absolute Gasteiger partial charge is 0.508 e. The Labute approximate surface area is 123 Å². The number of rotatable bonds is 6. The number of benzene rings is 1. The Morgan fingerprint density at radius 1 is 1.26 bits per heavy atom. The van der Waals surface area contributed by atoms with Crippen LogP contribution in [-0.4, -0.2) is 11.7 Å². The van der Waals surface area contributed by atoms with Gasteiger partial charge in [0.15, 0.2) is 0 Å². The lowest BCUT2D eigenvalue weighted by molar-refractivity contribution is 0.442. The molecule has 2 nitrogen and oxygen atoms in total. The molecule has 0 aliphatic carbocycles. The zero-order valence-corrected chi connectivity index (χ0v) is 12.5. The van der Waals surface area contributed by atoms with E-state index in [0.29, 0.717) is 5.75 Å². The van der Waals surface area contributed by atoms with Crippen molar-refractivity contribution in [3.05, 3.63) is 51.2 Å². The van der Waals surface area contributed by atoms with Crippen molar-refractivity contribution < 1.29 is 5.11 Å². The first-order chi connectivity index (χ1) is 9.20. The van der Waals surface area contributed by atoms with E-state index in [2.05, 4.69) is 18.3 Å². The first-order valence-electron chi connectivity index (χ1n) is 6.46. The van der Waals surface area contributed by atoms with Crippen LogP contribution in [0, 0.1) is 0 Å². The fourth-order valence-corrected chi connectivity index (χ4v) is 3.20. The van der Waals surface area contributed by atoms with Crippen molar-refractivity contribution in [3.63, 3.8) is 0 Å². The van der Waals surface area contributed by atoms with Crippen molar-refractivity contribution in [1.29, 1.82) is 0 Å². The Morgan fingerprint density at radius 3 is 2.68 bits per heavy atom. The molecule has 1 unspecified atom stereocenters. The number of aromatic hydroxyl groups is 1. The second-order valence-corrected chi connectivity index (χ2v) is 6.23. The minimum Gasteiger partial charge on any atom is -0.508 e. The average molecular weight is 296 g/mol. The van der Waals surface area contributed by atoms with Crippen LogP contribution in [0.4, 0.5) is 0 Å². The average Bonchev–Trinajstić information content (AvgIpc) is 2.82. The molecule has 1 atom stereocenters. The SMILES string of the molecule is CCC(NCCc1ccc(Cl)s1)c1ccccc1O. The molecule has 0 saturated carbocycles. The van der Waals surface area contributed by atoms with Crippen molar-refractivity contribution >= 4 is 22.9 Å². The Bertz CT molecular complexity index is 526. The summed E-state index contributed by atoms with van der Waals surface area (Å²) in [4.78, 5) is 1.28. The molecule has 0 aliphatic heterocycles. The van der Waals surface area contributed by atoms with E-state index in [-0.39, 0.29) is 6.04 Å². The van der Waals surface area contributed by atoms with Crippen LogP contribution in [0.25, 0.3) is 0 Å². The zero-order chi connectivity index (χ0) is 13.7. The quantitative estimate of drug-likeness (QED) is 0.828. The van der Waals surface area contributed by atoms with Gasteiger partial charge in [0.1, 0.15) is 5.75 Å². The maximum absolute atomic E-state index is 9.88. The zero-order valence-electron chi connectivity index (χ0n) is 10.9. The number of para-hydroxylation sites is 1. The smallest absolute Gasteiger partial charge is 0.120 e. The summed E-state index contributed by atoms with van der Waals surface area (Å²) in [5.74, 6) is 0.362. The van der Waals surface area contributed by atoms with Gasteiger partial charge in [-0.05, 0) is 31.0 Å². The van der Waals surface area contributed by atoms with Crippen molar-refractivity contribution in [3.8, 4) is 5.75 Å². The maximum Gasteiger partial charge on any atom is 0.120 e. The maximum atomic E-state index is 9.88. The lowest BCUT2D eigenvalue weighted by Crippen LogP contribution is -2.23. The van der Waals surface area contributed by atoms with Gasteiger partial charge in [-0.1, -0.05) is 36.7 Å². The Morgan fingerprint density at radius 2 is 2.05 bits per heavy atom. The van der Waals surface area contributed by atoms with Gasteiger partial charge in [0.05, 0.1) is 4.34 Å². The Balaban J connectivity index is 1.91. The molecular weight excluding hydrogens is 278 g/mol. The molecule has 19 heavy (non-hydrogen) atoms. The van der Waals surface area contributed by atoms with Crippen LogP contribution in [0.2, 0.25) is 4.34 Å². The fourth-order valence-electron chi connectivity index (χ4n) is 2.11. The molecule has 1 aromatic carbocycles. The standard InChI is InChI=1S/C15H18ClNOS/c1-2-13(12-5-3-4-6-14(12)18)17-10-9-11-7-8-15(16)19-11/h3-8,13,17-18H,2,9-10H2,1H3. The van der Waals surface area contributed by atoms with Gasteiger partial charge in [-0.25, -0.2) is 0 Å². The molecular formula is C15H18ClNOS. The highest BCUT2D eigenvalue weighted by atomic mass is 35.5. The van der Waals surface area contributed by atoms with Gasteiger partial charge in [0.2, 0.25) is 0 Å². The molecule has 2 aromatic rings. The summed E-state index contributed by atoms with van der Waals surface area (Å²) in [6, 6.07) is 11.7. The lowest BCUT2D eigenvalue weighted by atomic mass is 10.0. The summed E-state index contributed by atoms with van der Waals surface area (Å²) in [7, 11) is 0. The summed E-state index contributed by atoms with van der Waals surface area (Å²) < 4.78 is 0.836. The highest BCUT2D eigenvalue weighted by Gasteiger charge is 2.12. The van der Waals surface area contributed by atoms with E-state index in [1.807, 2.05) is 24.3 Å². The molecule has 2 N–H and O–H groups in total. The fraction of sp³-hybridized carbons (Fsp3) is 0.333. The first-order valence-corrected chi connectivity index (χ1v) is 7.65. The van der Waals surface area contributed by atoms with Gasteiger partial charge >= 0.3 is 0 Å². The minimum atomic E-state index is 0.191. The molecule has 4 heteroatoms. The van der Waals surface area contributed by atoms with Crippen LogP contribution in [0.5, 0.6) is 5.75 Å². The highest BCUT2D eigenvalue weighted by Crippen LogP contribution is 2.26. The molecule has 0 radical (unpaired) electrons. The monoisotopic (exact) mass is 295 g/mol. The Kier molecular flexibility index (Phi) is 5.25. The molecule has 0 fully saturated rings. The summed E-state index contributed by atoms with van der Waals surface area (Å²) in [5.41, 5.74) is 0.967. The molecule has 0 amide bonds. The normalized spacial score (nSPS) is 12.5. The van der Waals surface area contributed by atoms with Gasteiger partial charge in [-0.15, -0.1) is 11.3 Å². The molecule has 1 aromatic heterocycles. The van der Waals surface area contributed by atoms with Crippen LogP contribution in [0.15, 0.2) is 36.4 Å². The highest BCUT2D eigenvalue weighted by molar-refractivity contribution is 7.16. The molecule has 102 valence electrons. The first kappa shape index (κ1) is 14.4. The summed E-state index contributed by atoms with van der Waals surface area (Å²) >= 11 is 7.53. The third-order valence-electron chi connectivity index (χ3n) is 3.11. The molecule has 2 rings (SSSR count). The number of nitrogens with one attached hydrogen (secondary N) is 1. The minimum absolute atomic E-state index is 0.191. The number of hydrogen-bond acceptors (Lipinski definition) is 3. The number of hydrogen-bond donors (Lipinski definition) is 2. The van der Waals surface area contributed by atoms with E-state index in [4.69, 9.17) is 11.6 Å². The van der Waals surface area contributed by atoms with Crippen molar-refractivity contribution in [2.75, 3.05) is 6.54 Å². The summed E-state index contributed by atoms with van der Waals surface area (Å²) in [6.45, 7) is 3.00. The van der Waals surface area contributed by atoms with Crippen molar-refractivity contribution in [2.45, 2.75) is 25.8 Å². The molecule has 1 heterocycles. The third kappa shape index (κ3) is 3.96. The second-order valence-electron chi connectivity index (χ2n) is 4.43. The van der Waals surface area contributed by atoms with Gasteiger partial charge in [-0.3, -0.25) is 0 Å². The van der Waals surface area contributed by atoms with Gasteiger partial charge in [0.25, 0.3) is 0 Å². The van der Waals surface area contributed by atoms with Gasteiger partial charge in [-0.2, -0.15) is 0 Å². The molecule has 0 saturated heterocycles. The van der Waals surface area contributed by atoms with Crippen molar-refractivity contribution in [1.82, 2.24) is 5.32 Å². The van der Waals surface area contributed by atoms with E-state index in [1.54, 1.807) is 17.4 Å².